The van der Waals surface area contributed by atoms with Gasteiger partial charge in [-0.1, -0.05) is 6.07 Å². The standard InChI is InChI=1S/C19H15FN2O2/c1-13-10-15(7-8-18(13)20)21-12-17-6-3-9-22(17)16-5-2-4-14(11-16)19(23)24/h2-12H,1H3,(H,23,24). The van der Waals surface area contributed by atoms with Crippen molar-refractivity contribution in [2.45, 2.75) is 6.92 Å². The van der Waals surface area contributed by atoms with Crippen LogP contribution in [0.15, 0.2) is 65.8 Å². The third-order valence-corrected chi connectivity index (χ3v) is 3.64. The number of halogens is 1. The van der Waals surface area contributed by atoms with E-state index in [1.54, 1.807) is 43.5 Å². The van der Waals surface area contributed by atoms with Gasteiger partial charge in [0.05, 0.1) is 23.2 Å². The Labute approximate surface area is 138 Å². The highest BCUT2D eigenvalue weighted by Gasteiger charge is 2.06. The number of aryl methyl sites for hydroxylation is 1. The van der Waals surface area contributed by atoms with E-state index in [9.17, 15) is 9.18 Å². The van der Waals surface area contributed by atoms with E-state index in [-0.39, 0.29) is 11.4 Å². The van der Waals surface area contributed by atoms with Crippen molar-refractivity contribution in [1.82, 2.24) is 4.57 Å². The molecule has 0 saturated carbocycles. The largest absolute Gasteiger partial charge is 0.478 e. The Morgan fingerprint density at radius 2 is 2.00 bits per heavy atom. The van der Waals surface area contributed by atoms with Crippen molar-refractivity contribution < 1.29 is 14.3 Å². The molecular weight excluding hydrogens is 307 g/mol. The van der Waals surface area contributed by atoms with E-state index in [1.807, 2.05) is 29.0 Å². The number of carboxylic acids is 1. The molecule has 0 fully saturated rings. The second-order valence-electron chi connectivity index (χ2n) is 5.35. The van der Waals surface area contributed by atoms with Crippen LogP contribution >= 0.6 is 0 Å². The molecule has 0 radical (unpaired) electrons. The number of rotatable bonds is 4. The molecule has 120 valence electrons. The fourth-order valence-corrected chi connectivity index (χ4v) is 2.37. The summed E-state index contributed by atoms with van der Waals surface area (Å²) in [7, 11) is 0. The minimum Gasteiger partial charge on any atom is -0.478 e. The highest BCUT2D eigenvalue weighted by atomic mass is 19.1. The number of hydrogen-bond donors (Lipinski definition) is 1. The maximum Gasteiger partial charge on any atom is 0.335 e. The van der Waals surface area contributed by atoms with Gasteiger partial charge in [0, 0.05) is 11.9 Å². The molecule has 24 heavy (non-hydrogen) atoms. The molecule has 4 nitrogen and oxygen atoms in total. The number of carbonyl (C=O) groups is 1. The topological polar surface area (TPSA) is 54.6 Å². The zero-order valence-electron chi connectivity index (χ0n) is 13.0. The lowest BCUT2D eigenvalue weighted by molar-refractivity contribution is 0.0697. The maximum atomic E-state index is 13.3. The minimum absolute atomic E-state index is 0.221. The summed E-state index contributed by atoms with van der Waals surface area (Å²) >= 11 is 0. The highest BCUT2D eigenvalue weighted by molar-refractivity contribution is 5.88. The second-order valence-corrected chi connectivity index (χ2v) is 5.35. The van der Waals surface area contributed by atoms with Crippen LogP contribution in [0.5, 0.6) is 0 Å². The van der Waals surface area contributed by atoms with Crippen molar-refractivity contribution in [3.63, 3.8) is 0 Å². The molecule has 0 aliphatic rings. The number of aliphatic imine (C=N–C) groups is 1. The summed E-state index contributed by atoms with van der Waals surface area (Å²) in [5.74, 6) is -1.23. The smallest absolute Gasteiger partial charge is 0.335 e. The summed E-state index contributed by atoms with van der Waals surface area (Å²) in [6, 6.07) is 15.1. The molecule has 0 bridgehead atoms. The molecule has 2 aromatic carbocycles. The highest BCUT2D eigenvalue weighted by Crippen LogP contribution is 2.18. The van der Waals surface area contributed by atoms with E-state index in [0.717, 1.165) is 11.4 Å². The summed E-state index contributed by atoms with van der Waals surface area (Å²) in [6.45, 7) is 1.69. The molecule has 0 aliphatic heterocycles. The van der Waals surface area contributed by atoms with Crippen LogP contribution in [0.3, 0.4) is 0 Å². The lowest BCUT2D eigenvalue weighted by Crippen LogP contribution is -2.01. The predicted octanol–water partition coefficient (Wildman–Crippen LogP) is 4.37. The Balaban J connectivity index is 1.93. The first-order chi connectivity index (χ1) is 11.5. The summed E-state index contributed by atoms with van der Waals surface area (Å²) in [6.07, 6.45) is 3.50. The van der Waals surface area contributed by atoms with Crippen LogP contribution in [-0.4, -0.2) is 21.9 Å². The van der Waals surface area contributed by atoms with Crippen LogP contribution in [0.1, 0.15) is 21.6 Å². The average molecular weight is 322 g/mol. The number of aromatic carboxylic acids is 1. The van der Waals surface area contributed by atoms with Crippen molar-refractivity contribution in [1.29, 1.82) is 0 Å². The zero-order chi connectivity index (χ0) is 17.1. The SMILES string of the molecule is Cc1cc(N=Cc2cccn2-c2cccc(C(=O)O)c2)ccc1F. The van der Waals surface area contributed by atoms with Gasteiger partial charge in [-0.2, -0.15) is 0 Å². The fraction of sp³-hybridized carbons (Fsp3) is 0.0526. The minimum atomic E-state index is -0.971. The lowest BCUT2D eigenvalue weighted by Gasteiger charge is -2.07. The van der Waals surface area contributed by atoms with E-state index < -0.39 is 5.97 Å². The quantitative estimate of drug-likeness (QED) is 0.725. The monoisotopic (exact) mass is 322 g/mol. The van der Waals surface area contributed by atoms with E-state index in [0.29, 0.717) is 11.3 Å². The Morgan fingerprint density at radius 3 is 2.75 bits per heavy atom. The van der Waals surface area contributed by atoms with Gasteiger partial charge in [0.15, 0.2) is 0 Å². The van der Waals surface area contributed by atoms with Crippen LogP contribution in [0.25, 0.3) is 5.69 Å². The van der Waals surface area contributed by atoms with Gasteiger partial charge in [0.2, 0.25) is 0 Å². The van der Waals surface area contributed by atoms with Crippen LogP contribution in [0.4, 0.5) is 10.1 Å². The van der Waals surface area contributed by atoms with Gasteiger partial charge in [-0.15, -0.1) is 0 Å². The first-order valence-electron chi connectivity index (χ1n) is 7.36. The van der Waals surface area contributed by atoms with Gasteiger partial charge >= 0.3 is 5.97 Å². The van der Waals surface area contributed by atoms with Crippen LogP contribution < -0.4 is 0 Å². The van der Waals surface area contributed by atoms with E-state index in [1.165, 1.54) is 6.07 Å². The van der Waals surface area contributed by atoms with Crippen LogP contribution in [-0.2, 0) is 0 Å². The molecule has 0 unspecified atom stereocenters. The average Bonchev–Trinajstić information content (AvgIpc) is 3.04. The molecular formula is C19H15FN2O2. The lowest BCUT2D eigenvalue weighted by atomic mass is 10.2. The third kappa shape index (κ3) is 3.25. The van der Waals surface area contributed by atoms with Crippen molar-refractivity contribution in [3.05, 3.63) is 83.4 Å². The summed E-state index contributed by atoms with van der Waals surface area (Å²) in [5.41, 5.74) is 2.93. The Bertz CT molecular complexity index is 929. The van der Waals surface area contributed by atoms with Gasteiger partial charge in [0.1, 0.15) is 5.82 Å². The predicted molar refractivity (Wildman–Crippen MR) is 91.1 cm³/mol. The van der Waals surface area contributed by atoms with Crippen LogP contribution in [0.2, 0.25) is 0 Å². The Hall–Kier alpha value is -3.21. The third-order valence-electron chi connectivity index (χ3n) is 3.64. The second kappa shape index (κ2) is 6.50. The van der Waals surface area contributed by atoms with E-state index in [4.69, 9.17) is 5.11 Å². The van der Waals surface area contributed by atoms with Gasteiger partial charge in [-0.05, 0) is 61.0 Å². The fourth-order valence-electron chi connectivity index (χ4n) is 2.37. The molecule has 0 amide bonds. The molecule has 0 aliphatic carbocycles. The number of benzene rings is 2. The molecule has 5 heteroatoms. The van der Waals surface area contributed by atoms with Gasteiger partial charge in [-0.3, -0.25) is 4.99 Å². The zero-order valence-corrected chi connectivity index (χ0v) is 13.0. The number of aromatic nitrogens is 1. The van der Waals surface area contributed by atoms with E-state index >= 15 is 0 Å². The van der Waals surface area contributed by atoms with Crippen LogP contribution in [0, 0.1) is 12.7 Å². The first-order valence-corrected chi connectivity index (χ1v) is 7.36. The molecule has 3 rings (SSSR count). The van der Waals surface area contributed by atoms with Crippen molar-refractivity contribution in [3.8, 4) is 5.69 Å². The molecule has 0 saturated heterocycles. The molecule has 1 aromatic heterocycles. The summed E-state index contributed by atoms with van der Waals surface area (Å²) in [5, 5.41) is 9.11. The van der Waals surface area contributed by atoms with Crippen molar-refractivity contribution in [2.24, 2.45) is 4.99 Å². The number of hydrogen-bond acceptors (Lipinski definition) is 2. The Kier molecular flexibility index (Phi) is 4.24. The molecule has 1 heterocycles. The maximum absolute atomic E-state index is 13.3. The summed E-state index contributed by atoms with van der Waals surface area (Å²) < 4.78 is 15.1. The summed E-state index contributed by atoms with van der Waals surface area (Å²) in [4.78, 5) is 15.5. The number of carboxylic acid groups (broad SMARTS) is 1. The van der Waals surface area contributed by atoms with Crippen molar-refractivity contribution >= 4 is 17.9 Å². The molecule has 3 aromatic rings. The van der Waals surface area contributed by atoms with Crippen molar-refractivity contribution in [2.75, 3.05) is 0 Å². The Morgan fingerprint density at radius 1 is 1.17 bits per heavy atom. The van der Waals surface area contributed by atoms with Gasteiger partial charge < -0.3 is 9.67 Å². The molecule has 0 atom stereocenters. The number of nitrogens with zero attached hydrogens (tertiary/aromatic N) is 2. The first kappa shape index (κ1) is 15.7. The van der Waals surface area contributed by atoms with Gasteiger partial charge in [0.25, 0.3) is 0 Å². The molecule has 0 spiro atoms. The normalized spacial score (nSPS) is 11.1. The molecule has 1 N–H and O–H groups in total. The van der Waals surface area contributed by atoms with E-state index in [2.05, 4.69) is 4.99 Å². The van der Waals surface area contributed by atoms with Gasteiger partial charge in [-0.25, -0.2) is 9.18 Å².